The highest BCUT2D eigenvalue weighted by Crippen LogP contribution is 2.36. The third kappa shape index (κ3) is 1.22. The van der Waals surface area contributed by atoms with Gasteiger partial charge in [-0.2, -0.15) is 0 Å². The minimum absolute atomic E-state index is 0.353. The predicted octanol–water partition coefficient (Wildman–Crippen LogP) is 0.0557. The first-order valence-corrected chi connectivity index (χ1v) is 3.18. The van der Waals surface area contributed by atoms with E-state index in [1.165, 1.54) is 0 Å². The average Bonchev–Trinajstić information content (AvgIpc) is 1.81. The van der Waals surface area contributed by atoms with Gasteiger partial charge in [0.2, 0.25) is 0 Å². The molecule has 0 unspecified atom stereocenters. The van der Waals surface area contributed by atoms with Crippen LogP contribution in [0.3, 0.4) is 0 Å². The van der Waals surface area contributed by atoms with E-state index in [-0.39, 0.29) is 0 Å². The molecule has 0 atom stereocenters. The summed E-state index contributed by atoms with van der Waals surface area (Å²) in [6.45, 7) is -0.0498. The first-order chi connectivity index (χ1) is 4.20. The Morgan fingerprint density at radius 2 is 2.22 bits per heavy atom. The highest BCUT2D eigenvalue weighted by Gasteiger charge is 2.41. The molecule has 3 N–H and O–H groups in total. The van der Waals surface area contributed by atoms with Crippen LogP contribution in [-0.4, -0.2) is 23.9 Å². The first kappa shape index (κ1) is 6.96. The molecule has 0 bridgehead atoms. The Morgan fingerprint density at radius 1 is 1.67 bits per heavy atom. The summed E-state index contributed by atoms with van der Waals surface area (Å²) < 4.78 is 11.8. The summed E-state index contributed by atoms with van der Waals surface area (Å²) in [5.41, 5.74) is 4.27. The van der Waals surface area contributed by atoms with E-state index >= 15 is 0 Å². The van der Waals surface area contributed by atoms with Gasteiger partial charge in [0.1, 0.15) is 6.67 Å². The summed E-state index contributed by atoms with van der Waals surface area (Å²) >= 11 is 0. The zero-order valence-electron chi connectivity index (χ0n) is 5.31. The Hall–Kier alpha value is -0.150. The van der Waals surface area contributed by atoms with Crippen molar-refractivity contribution >= 4 is 0 Å². The lowest BCUT2D eigenvalue weighted by Gasteiger charge is -2.41. The van der Waals surface area contributed by atoms with Gasteiger partial charge < -0.3 is 10.8 Å². The molecule has 1 aliphatic carbocycles. The third-order valence-electron chi connectivity index (χ3n) is 1.92. The number of halogens is 1. The van der Waals surface area contributed by atoms with E-state index in [9.17, 15) is 4.39 Å². The summed E-state index contributed by atoms with van der Waals surface area (Å²) in [4.78, 5) is 0. The Labute approximate surface area is 53.9 Å². The van der Waals surface area contributed by atoms with Gasteiger partial charge in [0.05, 0.1) is 5.60 Å². The van der Waals surface area contributed by atoms with Crippen molar-refractivity contribution in [1.29, 1.82) is 0 Å². The van der Waals surface area contributed by atoms with Gasteiger partial charge in [0.25, 0.3) is 0 Å². The van der Waals surface area contributed by atoms with E-state index < -0.39 is 12.3 Å². The van der Waals surface area contributed by atoms with Crippen molar-refractivity contribution in [2.75, 3.05) is 13.2 Å². The van der Waals surface area contributed by atoms with Crippen molar-refractivity contribution in [3.8, 4) is 0 Å². The maximum atomic E-state index is 11.8. The van der Waals surface area contributed by atoms with Gasteiger partial charge in [-0.15, -0.1) is 0 Å². The molecule has 0 aromatic heterocycles. The minimum atomic E-state index is -1.01. The highest BCUT2D eigenvalue weighted by atomic mass is 19.1. The lowest BCUT2D eigenvalue weighted by molar-refractivity contribution is -0.0853. The molecule has 54 valence electrons. The molecule has 0 heterocycles. The van der Waals surface area contributed by atoms with E-state index in [2.05, 4.69) is 0 Å². The molecule has 0 saturated heterocycles. The molecule has 0 radical (unpaired) electrons. The summed E-state index contributed by atoms with van der Waals surface area (Å²) in [6, 6.07) is 0. The monoisotopic (exact) mass is 133 g/mol. The molecule has 1 fully saturated rings. The van der Waals surface area contributed by atoms with Crippen LogP contribution in [-0.2, 0) is 0 Å². The van der Waals surface area contributed by atoms with Gasteiger partial charge in [-0.25, -0.2) is 4.39 Å². The third-order valence-corrected chi connectivity index (χ3v) is 1.92. The van der Waals surface area contributed by atoms with Crippen molar-refractivity contribution in [2.24, 2.45) is 11.7 Å². The zero-order chi connectivity index (χ0) is 6.91. The fourth-order valence-corrected chi connectivity index (χ4v) is 1.29. The fourth-order valence-electron chi connectivity index (χ4n) is 1.29. The van der Waals surface area contributed by atoms with Gasteiger partial charge in [0.15, 0.2) is 0 Å². The van der Waals surface area contributed by atoms with Gasteiger partial charge in [0, 0.05) is 0 Å². The molecule has 3 heteroatoms. The van der Waals surface area contributed by atoms with E-state index in [0.717, 1.165) is 0 Å². The molecule has 0 aromatic carbocycles. The van der Waals surface area contributed by atoms with Crippen LogP contribution in [0.2, 0.25) is 0 Å². The van der Waals surface area contributed by atoms with Crippen LogP contribution in [0, 0.1) is 5.92 Å². The molecular weight excluding hydrogens is 121 g/mol. The molecule has 0 amide bonds. The number of rotatable bonds is 2. The summed E-state index contributed by atoms with van der Waals surface area (Å²) in [5.74, 6) is 0.353. The normalized spacial score (nSPS) is 42.3. The molecule has 1 aliphatic rings. The zero-order valence-corrected chi connectivity index (χ0v) is 5.31. The lowest BCUT2D eigenvalue weighted by Crippen LogP contribution is -2.48. The van der Waals surface area contributed by atoms with Crippen LogP contribution in [0.1, 0.15) is 12.8 Å². The van der Waals surface area contributed by atoms with Crippen molar-refractivity contribution in [3.63, 3.8) is 0 Å². The quantitative estimate of drug-likeness (QED) is 0.559. The second kappa shape index (κ2) is 2.23. The van der Waals surface area contributed by atoms with Crippen molar-refractivity contribution in [3.05, 3.63) is 0 Å². The number of aliphatic hydroxyl groups is 1. The van der Waals surface area contributed by atoms with Crippen molar-refractivity contribution in [1.82, 2.24) is 0 Å². The van der Waals surface area contributed by atoms with E-state index in [1.807, 2.05) is 0 Å². The number of hydrogen-bond acceptors (Lipinski definition) is 2. The SMILES string of the molecule is NC[C@H]1C[C@@](O)(CF)C1. The first-order valence-electron chi connectivity index (χ1n) is 3.18. The van der Waals surface area contributed by atoms with E-state index in [4.69, 9.17) is 10.8 Å². The number of nitrogens with two attached hydrogens (primary N) is 1. The van der Waals surface area contributed by atoms with Crippen LogP contribution in [0.15, 0.2) is 0 Å². The van der Waals surface area contributed by atoms with Gasteiger partial charge in [-0.1, -0.05) is 0 Å². The summed E-state index contributed by atoms with van der Waals surface area (Å²) in [5, 5.41) is 9.09. The smallest absolute Gasteiger partial charge is 0.118 e. The maximum absolute atomic E-state index is 11.8. The largest absolute Gasteiger partial charge is 0.387 e. The Kier molecular flexibility index (Phi) is 1.73. The Morgan fingerprint density at radius 3 is 2.56 bits per heavy atom. The molecule has 9 heavy (non-hydrogen) atoms. The second-order valence-corrected chi connectivity index (χ2v) is 2.87. The summed E-state index contributed by atoms with van der Waals surface area (Å²) in [6.07, 6.45) is 1.08. The Bertz CT molecular complexity index is 101. The topological polar surface area (TPSA) is 46.2 Å². The van der Waals surface area contributed by atoms with Crippen LogP contribution in [0.5, 0.6) is 0 Å². The Balaban J connectivity index is 2.24. The maximum Gasteiger partial charge on any atom is 0.118 e. The molecule has 0 aliphatic heterocycles. The standard InChI is InChI=1S/C6H12FNO/c7-4-6(9)1-5(2-6)3-8/h5,9H,1-4,8H2/t5-,6-. The molecular formula is C6H12FNO. The molecule has 1 rings (SSSR count). The lowest BCUT2D eigenvalue weighted by atomic mass is 9.72. The molecule has 0 spiro atoms. The summed E-state index contributed by atoms with van der Waals surface area (Å²) in [7, 11) is 0. The number of alkyl halides is 1. The van der Waals surface area contributed by atoms with Crippen LogP contribution >= 0.6 is 0 Å². The van der Waals surface area contributed by atoms with Crippen molar-refractivity contribution in [2.45, 2.75) is 18.4 Å². The second-order valence-electron chi connectivity index (χ2n) is 2.87. The van der Waals surface area contributed by atoms with Gasteiger partial charge in [-0.05, 0) is 25.3 Å². The molecule has 2 nitrogen and oxygen atoms in total. The van der Waals surface area contributed by atoms with Crippen molar-refractivity contribution < 1.29 is 9.50 Å². The van der Waals surface area contributed by atoms with Gasteiger partial charge in [-0.3, -0.25) is 0 Å². The predicted molar refractivity (Wildman–Crippen MR) is 32.7 cm³/mol. The van der Waals surface area contributed by atoms with Crippen LogP contribution in [0.4, 0.5) is 4.39 Å². The molecule has 0 aromatic rings. The van der Waals surface area contributed by atoms with Crippen LogP contribution in [0.25, 0.3) is 0 Å². The number of hydrogen-bond donors (Lipinski definition) is 2. The highest BCUT2D eigenvalue weighted by molar-refractivity contribution is 4.93. The fraction of sp³-hybridized carbons (Fsp3) is 1.00. The van der Waals surface area contributed by atoms with Gasteiger partial charge >= 0.3 is 0 Å². The van der Waals surface area contributed by atoms with E-state index in [0.29, 0.717) is 25.3 Å². The minimum Gasteiger partial charge on any atom is -0.387 e. The molecule has 1 saturated carbocycles. The van der Waals surface area contributed by atoms with E-state index in [1.54, 1.807) is 0 Å². The average molecular weight is 133 g/mol. The van der Waals surface area contributed by atoms with Crippen LogP contribution < -0.4 is 5.73 Å².